The van der Waals surface area contributed by atoms with Gasteiger partial charge in [0.15, 0.2) is 0 Å². The fourth-order valence-corrected chi connectivity index (χ4v) is 6.71. The Labute approximate surface area is 240 Å². The minimum atomic E-state index is -1.42. The molecule has 0 saturated heterocycles. The minimum Gasteiger partial charge on any atom is -0.545 e. The zero-order chi connectivity index (χ0) is 29.1. The fraction of sp³-hybridized carbons (Fsp3) is 0.333. The van der Waals surface area contributed by atoms with E-state index >= 15 is 0 Å². The van der Waals surface area contributed by atoms with Crippen LogP contribution in [0.1, 0.15) is 50.7 Å². The number of unbranched alkanes of at least 4 members (excludes halogenated alkanes) is 2. The standard InChI is InChI=1S/2C11H10O4.2C4H9.Sn/c2*12-10(13)6-7-11(14)15-8-9-4-2-1-3-5-9;2*1-3-4-2;/h2*1-7H,8H2,(H,12,13);2*1,3-4H2,2H3;/q;;;;+2/p-2/b2*7-6+;;;. The molecule has 0 amide bonds. The first kappa shape index (κ1) is 35.6. The molecule has 9 heteroatoms. The molecule has 2 aromatic carbocycles. The van der Waals surface area contributed by atoms with Crippen LogP contribution in [0.15, 0.2) is 85.0 Å². The first-order chi connectivity index (χ1) is 18.8. The van der Waals surface area contributed by atoms with Gasteiger partial charge in [-0.3, -0.25) is 0 Å². The molecule has 39 heavy (non-hydrogen) atoms. The molecule has 0 spiro atoms. The van der Waals surface area contributed by atoms with Crippen LogP contribution in [-0.4, -0.2) is 45.0 Å². The smallest absolute Gasteiger partial charge is 0.331 e. The predicted octanol–water partition coefficient (Wildman–Crippen LogP) is 3.20. The van der Waals surface area contributed by atoms with Gasteiger partial charge < -0.3 is 29.3 Å². The number of carbonyl (C=O) groups excluding carboxylic acids is 4. The largest absolute Gasteiger partial charge is 0.545 e. The summed E-state index contributed by atoms with van der Waals surface area (Å²) < 4.78 is 12.8. The fourth-order valence-electron chi connectivity index (χ4n) is 2.55. The summed E-state index contributed by atoms with van der Waals surface area (Å²) in [7, 11) is 0. The van der Waals surface area contributed by atoms with Crippen molar-refractivity contribution in [2.45, 2.75) is 61.6 Å². The molecule has 0 saturated carbocycles. The van der Waals surface area contributed by atoms with Gasteiger partial charge in [0.1, 0.15) is 13.2 Å². The Bertz CT molecular complexity index is 923. The summed E-state index contributed by atoms with van der Waals surface area (Å²) in [6.07, 6.45) is 8.74. The normalized spacial score (nSPS) is 9.90. The van der Waals surface area contributed by atoms with Crippen molar-refractivity contribution in [3.05, 3.63) is 96.1 Å². The molecular formula is C30H36O8Sn. The third kappa shape index (κ3) is 24.7. The SMILES string of the molecule is CCC[CH2][Sn+2][CH2]CCC.O=C([O-])/C=C/C(=O)OCc1ccccc1.O=C([O-])/C=C/C(=O)OCc1ccccc1. The maximum Gasteiger partial charge on any atom is 0.331 e. The van der Waals surface area contributed by atoms with E-state index in [9.17, 15) is 29.4 Å². The van der Waals surface area contributed by atoms with Crippen LogP contribution in [0.25, 0.3) is 0 Å². The van der Waals surface area contributed by atoms with Gasteiger partial charge in [0, 0.05) is 12.2 Å². The Kier molecular flexibility index (Phi) is 22.7. The minimum absolute atomic E-state index is 0.122. The molecule has 0 radical (unpaired) electrons. The molecule has 0 atom stereocenters. The predicted molar refractivity (Wildman–Crippen MR) is 146 cm³/mol. The molecule has 0 aliphatic rings. The van der Waals surface area contributed by atoms with Crippen molar-refractivity contribution in [3.63, 3.8) is 0 Å². The van der Waals surface area contributed by atoms with Crippen molar-refractivity contribution < 1.29 is 38.9 Å². The molecule has 2 rings (SSSR count). The van der Waals surface area contributed by atoms with E-state index in [0.29, 0.717) is 12.2 Å². The van der Waals surface area contributed by atoms with Crippen LogP contribution >= 0.6 is 0 Å². The van der Waals surface area contributed by atoms with Crippen LogP contribution < -0.4 is 10.2 Å². The van der Waals surface area contributed by atoms with Crippen molar-refractivity contribution >= 4 is 45.0 Å². The summed E-state index contributed by atoms with van der Waals surface area (Å²) in [4.78, 5) is 41.8. The molecular weight excluding hydrogens is 607 g/mol. The van der Waals surface area contributed by atoms with Crippen molar-refractivity contribution in [3.8, 4) is 0 Å². The number of hydrogen-bond donors (Lipinski definition) is 0. The molecule has 0 bridgehead atoms. The number of aliphatic carboxylic acids is 2. The summed E-state index contributed by atoms with van der Waals surface area (Å²) in [5.74, 6) is -4.26. The second-order valence-corrected chi connectivity index (χ2v) is 12.2. The van der Waals surface area contributed by atoms with E-state index in [2.05, 4.69) is 13.8 Å². The first-order valence-corrected chi connectivity index (χ1v) is 16.7. The second kappa shape index (κ2) is 24.9. The molecule has 0 unspecified atom stereocenters. The van der Waals surface area contributed by atoms with E-state index in [1.54, 1.807) is 33.1 Å². The third-order valence-corrected chi connectivity index (χ3v) is 8.61. The van der Waals surface area contributed by atoms with Crippen LogP contribution in [0.2, 0.25) is 8.87 Å². The molecule has 0 aliphatic carbocycles. The van der Waals surface area contributed by atoms with E-state index in [1.807, 2.05) is 36.4 Å². The number of benzene rings is 2. The molecule has 0 aromatic heterocycles. The van der Waals surface area contributed by atoms with Crippen molar-refractivity contribution in [1.82, 2.24) is 0 Å². The van der Waals surface area contributed by atoms with E-state index in [1.165, 1.54) is 25.7 Å². The van der Waals surface area contributed by atoms with E-state index < -0.39 is 23.9 Å². The quantitative estimate of drug-likeness (QED) is 0.133. The van der Waals surface area contributed by atoms with E-state index in [4.69, 9.17) is 9.47 Å². The number of hydrogen-bond acceptors (Lipinski definition) is 8. The molecule has 0 heterocycles. The van der Waals surface area contributed by atoms with E-state index in [0.717, 1.165) is 23.3 Å². The number of carboxylic acids is 2. The van der Waals surface area contributed by atoms with Crippen LogP contribution in [-0.2, 0) is 41.9 Å². The van der Waals surface area contributed by atoms with Gasteiger partial charge in [-0.25, -0.2) is 9.59 Å². The second-order valence-electron chi connectivity index (χ2n) is 7.95. The Morgan fingerprint density at radius 2 is 1.00 bits per heavy atom. The van der Waals surface area contributed by atoms with Crippen LogP contribution in [0.3, 0.4) is 0 Å². The zero-order valence-corrected chi connectivity index (χ0v) is 25.4. The Morgan fingerprint density at radius 1 is 0.641 bits per heavy atom. The number of ether oxygens (including phenoxy) is 2. The van der Waals surface area contributed by atoms with Gasteiger partial charge in [-0.15, -0.1) is 0 Å². The van der Waals surface area contributed by atoms with Crippen molar-refractivity contribution in [2.75, 3.05) is 0 Å². The summed E-state index contributed by atoms with van der Waals surface area (Å²) in [6.45, 7) is 4.83. The van der Waals surface area contributed by atoms with Gasteiger partial charge in [-0.1, -0.05) is 60.7 Å². The van der Waals surface area contributed by atoms with Gasteiger partial charge in [0.25, 0.3) is 0 Å². The van der Waals surface area contributed by atoms with Gasteiger partial charge in [-0.05, 0) is 23.3 Å². The third-order valence-electron chi connectivity index (χ3n) is 4.57. The first-order valence-electron chi connectivity index (χ1n) is 12.7. The Hall–Kier alpha value is -3.40. The molecule has 2 aromatic rings. The number of carboxylic acid groups (broad SMARTS) is 2. The number of carbonyl (C=O) groups is 4. The topological polar surface area (TPSA) is 133 Å². The monoisotopic (exact) mass is 644 g/mol. The summed E-state index contributed by atoms with van der Waals surface area (Å²) in [5, 5.41) is 19.9. The van der Waals surface area contributed by atoms with Gasteiger partial charge in [0.2, 0.25) is 0 Å². The van der Waals surface area contributed by atoms with Crippen LogP contribution in [0, 0.1) is 0 Å². The maximum absolute atomic E-state index is 10.9. The molecule has 0 fully saturated rings. The van der Waals surface area contributed by atoms with Gasteiger partial charge in [0.05, 0.1) is 11.9 Å². The van der Waals surface area contributed by atoms with Gasteiger partial charge in [-0.2, -0.15) is 0 Å². The van der Waals surface area contributed by atoms with Gasteiger partial charge >= 0.3 is 81.5 Å². The summed E-state index contributed by atoms with van der Waals surface area (Å²) in [6, 6.07) is 18.2. The van der Waals surface area contributed by atoms with Crippen LogP contribution in [0.5, 0.6) is 0 Å². The molecule has 0 aliphatic heterocycles. The number of rotatable bonds is 14. The Morgan fingerprint density at radius 3 is 1.31 bits per heavy atom. The van der Waals surface area contributed by atoms with Crippen molar-refractivity contribution in [1.29, 1.82) is 0 Å². The molecule has 8 nitrogen and oxygen atoms in total. The van der Waals surface area contributed by atoms with Crippen molar-refractivity contribution in [2.24, 2.45) is 0 Å². The summed E-state index contributed by atoms with van der Waals surface area (Å²) in [5.41, 5.74) is 1.68. The molecule has 208 valence electrons. The average Bonchev–Trinajstić information content (AvgIpc) is 2.94. The van der Waals surface area contributed by atoms with E-state index in [-0.39, 0.29) is 34.4 Å². The Balaban J connectivity index is 0.000000576. The molecule has 0 N–H and O–H groups in total. The summed E-state index contributed by atoms with van der Waals surface area (Å²) >= 11 is 0.149. The maximum atomic E-state index is 10.9. The number of esters is 2. The zero-order valence-electron chi connectivity index (χ0n) is 22.5. The van der Waals surface area contributed by atoms with Crippen LogP contribution in [0.4, 0.5) is 0 Å². The average molecular weight is 643 g/mol.